The molecule has 4 aliphatic heterocycles. The predicted octanol–water partition coefficient (Wildman–Crippen LogP) is 9.03. The average molecular weight is 973 g/mol. The molecule has 10 heteroatoms. The number of phenols is 2. The van der Waals surface area contributed by atoms with E-state index in [1.807, 2.05) is 52.3 Å². The van der Waals surface area contributed by atoms with Crippen LogP contribution in [0.15, 0.2) is 72.8 Å². The Balaban J connectivity index is 0.785. The monoisotopic (exact) mass is 973 g/mol. The SMILES string of the molecule is CO[C@]12CC[C@@]3(C[C@@H]1[C@](C)(O)c1ccc(-c4cc5c6c(c4O)O[C@H]4[C@@]7(OC)CC[C@@]8(C[C@@H]7[C@@](C)(O)c7ccccc7)[C@@H](C5)N(CC5CC5)CC[C@]648)cc1)[C@H]1Cc4ccc(O)c5c4[C@@]3(CCN1CC1CC1)[C@H]2O5. The van der Waals surface area contributed by atoms with Crippen molar-refractivity contribution in [1.29, 1.82) is 0 Å². The Morgan fingerprint density at radius 2 is 1.12 bits per heavy atom. The number of ether oxygens (including phenoxy) is 4. The second-order valence-corrected chi connectivity index (χ2v) is 26.2. The van der Waals surface area contributed by atoms with Crippen LogP contribution in [-0.4, -0.2) is 106 Å². The molecule has 0 aromatic heterocycles. The quantitative estimate of drug-likeness (QED) is 0.116. The molecule has 4 aromatic rings. The molecule has 72 heavy (non-hydrogen) atoms. The van der Waals surface area contributed by atoms with Gasteiger partial charge in [0.2, 0.25) is 0 Å². The van der Waals surface area contributed by atoms with Crippen molar-refractivity contribution in [2.24, 2.45) is 34.5 Å². The number of hydrogen-bond donors (Lipinski definition) is 4. The molecule has 14 aliphatic rings. The maximum Gasteiger partial charge on any atom is 0.166 e. The molecular weight excluding hydrogens is 901 g/mol. The van der Waals surface area contributed by atoms with Gasteiger partial charge in [-0.15, -0.1) is 0 Å². The highest BCUT2D eigenvalue weighted by atomic mass is 16.6. The number of hydrogen-bond acceptors (Lipinski definition) is 10. The molecule has 10 aliphatic carbocycles. The molecule has 18 rings (SSSR count). The van der Waals surface area contributed by atoms with E-state index < -0.39 is 22.4 Å². The third-order valence-corrected chi connectivity index (χ3v) is 23.9. The first-order chi connectivity index (χ1) is 34.7. The molecule has 10 fully saturated rings. The summed E-state index contributed by atoms with van der Waals surface area (Å²) in [4.78, 5) is 5.65. The highest BCUT2D eigenvalue weighted by Gasteiger charge is 2.84. The lowest BCUT2D eigenvalue weighted by Crippen LogP contribution is -2.82. The highest BCUT2D eigenvalue weighted by molar-refractivity contribution is 5.79. The van der Waals surface area contributed by atoms with Crippen molar-refractivity contribution >= 4 is 0 Å². The molecule has 0 radical (unpaired) electrons. The van der Waals surface area contributed by atoms with Crippen molar-refractivity contribution in [2.75, 3.05) is 40.4 Å². The molecular formula is C62H72N2O8. The smallest absolute Gasteiger partial charge is 0.166 e. The molecule has 0 amide bonds. The first-order valence-corrected chi connectivity index (χ1v) is 28.0. The van der Waals surface area contributed by atoms with Crippen molar-refractivity contribution in [2.45, 2.75) is 161 Å². The van der Waals surface area contributed by atoms with E-state index in [2.05, 4.69) is 58.3 Å². The van der Waals surface area contributed by atoms with E-state index in [0.717, 1.165) is 124 Å². The summed E-state index contributed by atoms with van der Waals surface area (Å²) >= 11 is 0. The Hall–Kier alpha value is -4.16. The minimum Gasteiger partial charge on any atom is -0.504 e. The normalized spacial score (nSPS) is 41.8. The fraction of sp³-hybridized carbons (Fsp3) is 0.613. The van der Waals surface area contributed by atoms with E-state index in [-0.39, 0.29) is 63.2 Å². The van der Waals surface area contributed by atoms with Gasteiger partial charge in [-0.05, 0) is 169 Å². The van der Waals surface area contributed by atoms with Crippen LogP contribution in [0.2, 0.25) is 0 Å². The molecule has 0 unspecified atom stereocenters. The van der Waals surface area contributed by atoms with Crippen molar-refractivity contribution in [3.05, 3.63) is 106 Å². The number of aliphatic hydroxyl groups is 2. The zero-order chi connectivity index (χ0) is 48.7. The number of fused-ring (bicyclic) bond motifs is 4. The zero-order valence-electron chi connectivity index (χ0n) is 42.6. The summed E-state index contributed by atoms with van der Waals surface area (Å²) in [7, 11) is 3.65. The second-order valence-electron chi connectivity index (χ2n) is 26.2. The Bertz CT molecular complexity index is 2970. The van der Waals surface area contributed by atoms with Gasteiger partial charge in [0.15, 0.2) is 23.0 Å². The van der Waals surface area contributed by atoms with Crippen LogP contribution in [-0.2, 0) is 44.3 Å². The van der Waals surface area contributed by atoms with Crippen LogP contribution in [0.4, 0.5) is 0 Å². The fourth-order valence-electron chi connectivity index (χ4n) is 20.6. The number of likely N-dealkylation sites (tertiary alicyclic amines) is 2. The highest BCUT2D eigenvalue weighted by Crippen LogP contribution is 2.80. The van der Waals surface area contributed by atoms with Gasteiger partial charge in [-0.3, -0.25) is 9.80 Å². The first kappa shape index (κ1) is 44.2. The Labute approximate surface area is 424 Å². The van der Waals surface area contributed by atoms with Gasteiger partial charge in [0.05, 0.1) is 11.2 Å². The van der Waals surface area contributed by atoms with Crippen LogP contribution in [0.1, 0.15) is 124 Å². The summed E-state index contributed by atoms with van der Waals surface area (Å²) in [6.45, 7) is 8.28. The van der Waals surface area contributed by atoms with E-state index >= 15 is 0 Å². The topological polar surface area (TPSA) is 124 Å². The number of methoxy groups -OCH3 is 2. The molecule has 8 bridgehead atoms. The fourth-order valence-corrected chi connectivity index (χ4v) is 20.6. The minimum atomic E-state index is -1.29. The molecule has 8 saturated carbocycles. The largest absolute Gasteiger partial charge is 0.504 e. The number of nitrogens with zero attached hydrogens (tertiary/aromatic N) is 2. The third kappa shape index (κ3) is 4.93. The Kier molecular flexibility index (Phi) is 8.59. The molecule has 2 saturated heterocycles. The minimum absolute atomic E-state index is 0.136. The van der Waals surface area contributed by atoms with Crippen LogP contribution >= 0.6 is 0 Å². The maximum absolute atomic E-state index is 13.4. The van der Waals surface area contributed by atoms with E-state index in [9.17, 15) is 20.4 Å². The number of phenolic OH excluding ortho intramolecular Hbond substituents is 2. The number of rotatable bonds is 11. The van der Waals surface area contributed by atoms with Crippen molar-refractivity contribution in [3.8, 4) is 34.1 Å². The van der Waals surface area contributed by atoms with Crippen LogP contribution in [0.25, 0.3) is 11.1 Å². The lowest BCUT2D eigenvalue weighted by atomic mass is 9.33. The van der Waals surface area contributed by atoms with E-state index in [0.29, 0.717) is 17.5 Å². The van der Waals surface area contributed by atoms with Gasteiger partial charge in [0.25, 0.3) is 0 Å². The summed E-state index contributed by atoms with van der Waals surface area (Å²) in [5.74, 6) is 2.69. The summed E-state index contributed by atoms with van der Waals surface area (Å²) in [6.07, 6.45) is 13.5. The van der Waals surface area contributed by atoms with Gasteiger partial charge in [-0.25, -0.2) is 0 Å². The van der Waals surface area contributed by atoms with Gasteiger partial charge in [-0.2, -0.15) is 0 Å². The summed E-state index contributed by atoms with van der Waals surface area (Å²) in [5, 5.41) is 50.6. The van der Waals surface area contributed by atoms with E-state index in [4.69, 9.17) is 18.9 Å². The molecule has 14 atom stereocenters. The Morgan fingerprint density at radius 3 is 1.67 bits per heavy atom. The van der Waals surface area contributed by atoms with Crippen molar-refractivity contribution < 1.29 is 39.4 Å². The van der Waals surface area contributed by atoms with Crippen LogP contribution in [0.5, 0.6) is 23.0 Å². The third-order valence-electron chi connectivity index (χ3n) is 23.9. The summed E-state index contributed by atoms with van der Waals surface area (Å²) in [6, 6.07) is 25.4. The van der Waals surface area contributed by atoms with Crippen molar-refractivity contribution in [1.82, 2.24) is 9.80 Å². The zero-order valence-corrected chi connectivity index (χ0v) is 42.6. The van der Waals surface area contributed by atoms with E-state index in [1.54, 1.807) is 0 Å². The van der Waals surface area contributed by atoms with Gasteiger partial charge >= 0.3 is 0 Å². The van der Waals surface area contributed by atoms with Gasteiger partial charge in [-0.1, -0.05) is 60.7 Å². The standard InChI is InChI=1S/C62H72N2O8/c1-55(67,40-8-6-5-7-9-40)44-31-58-21-23-62(44,70-4)54-60(58)25-27-64(34-36-12-13-36)47(58)30-39-28-42(50(66)52(72-54)49(39)60)37-14-17-41(18-15-37)56(2,68)45-32-57-20-22-61(45,69-3)53-59(57)24-26-63(33-35-10-11-35)46(57)29-38-16-19-43(65)51(71-53)48(38)59/h5-9,14-19,28,35-36,44-47,53-54,65-68H,10-13,20-27,29-34H2,1-4H3/t44-,45-,46-,47-,53-,54-,55+,56-,57-,58-,59+,60+,61-,62-/m1/s1. The molecule has 10 nitrogen and oxygen atoms in total. The second kappa shape index (κ2) is 14.0. The predicted molar refractivity (Wildman–Crippen MR) is 271 cm³/mol. The number of aromatic hydroxyl groups is 2. The Morgan fingerprint density at radius 1 is 0.611 bits per heavy atom. The maximum atomic E-state index is 13.4. The summed E-state index contributed by atoms with van der Waals surface area (Å²) in [5.41, 5.74) is 3.47. The van der Waals surface area contributed by atoms with Crippen LogP contribution in [0.3, 0.4) is 0 Å². The van der Waals surface area contributed by atoms with E-state index in [1.165, 1.54) is 47.9 Å². The lowest BCUT2D eigenvalue weighted by Gasteiger charge is -2.75. The van der Waals surface area contributed by atoms with Gasteiger partial charge < -0.3 is 39.4 Å². The number of benzene rings is 4. The molecule has 4 N–H and O–H groups in total. The van der Waals surface area contributed by atoms with Crippen LogP contribution < -0.4 is 9.47 Å². The summed E-state index contributed by atoms with van der Waals surface area (Å²) < 4.78 is 28.4. The van der Waals surface area contributed by atoms with Crippen molar-refractivity contribution in [3.63, 3.8) is 0 Å². The van der Waals surface area contributed by atoms with Crippen LogP contribution in [0, 0.1) is 34.5 Å². The first-order valence-electron chi connectivity index (χ1n) is 28.0. The van der Waals surface area contributed by atoms with Gasteiger partial charge in [0, 0.05) is 89.6 Å². The van der Waals surface area contributed by atoms with Gasteiger partial charge in [0.1, 0.15) is 23.4 Å². The lowest BCUT2D eigenvalue weighted by molar-refractivity contribution is -0.304. The molecule has 4 spiro atoms. The molecule has 4 aromatic carbocycles. The molecule has 4 heterocycles. The number of piperidine rings is 2. The molecule has 378 valence electrons. The average Bonchev–Trinajstić information content (AvgIpc) is 4.33.